The first-order valence-electron chi connectivity index (χ1n) is 5.04. The predicted molar refractivity (Wildman–Crippen MR) is 60.1 cm³/mol. The Balaban J connectivity index is 2.43. The van der Waals surface area contributed by atoms with E-state index in [0.717, 1.165) is 26.2 Å². The molecule has 1 unspecified atom stereocenters. The molecule has 1 heterocycles. The molecule has 1 rings (SSSR count). The fraction of sp³-hybridized carbons (Fsp3) is 1.00. The third-order valence-corrected chi connectivity index (χ3v) is 3.78. The van der Waals surface area contributed by atoms with Gasteiger partial charge in [0.1, 0.15) is 0 Å². The van der Waals surface area contributed by atoms with E-state index in [1.165, 1.54) is 0 Å². The molecule has 5 heteroatoms. The van der Waals surface area contributed by atoms with Crippen molar-refractivity contribution in [1.29, 1.82) is 0 Å². The Hall–Kier alpha value is 0.0300. The van der Waals surface area contributed by atoms with Gasteiger partial charge in [-0.15, -0.1) is 0 Å². The van der Waals surface area contributed by atoms with Gasteiger partial charge >= 0.3 is 0 Å². The van der Waals surface area contributed by atoms with Crippen LogP contribution in [0, 0.1) is 0 Å². The number of nitrogens with one attached hydrogen (secondary N) is 1. The molecule has 4 nitrogen and oxygen atoms in total. The highest BCUT2D eigenvalue weighted by molar-refractivity contribution is 7.80. The Morgan fingerprint density at radius 1 is 1.14 bits per heavy atom. The maximum atomic E-state index is 11.4. The van der Waals surface area contributed by atoms with Gasteiger partial charge < -0.3 is 0 Å². The third kappa shape index (κ3) is 3.02. The number of rotatable bonds is 2. The monoisotopic (exact) mass is 219 g/mol. The fourth-order valence-electron chi connectivity index (χ4n) is 1.65. The molecule has 14 heavy (non-hydrogen) atoms. The molecule has 84 valence electrons. The van der Waals surface area contributed by atoms with Crippen LogP contribution in [-0.2, 0) is 11.2 Å². The van der Waals surface area contributed by atoms with Crippen molar-refractivity contribution in [3.63, 3.8) is 0 Å². The van der Waals surface area contributed by atoms with Crippen molar-refractivity contribution in [2.45, 2.75) is 26.3 Å². The SMILES string of the molecule is CNS(=O)N1CCN(C(C)(C)C)CC1. The van der Waals surface area contributed by atoms with E-state index < -0.39 is 11.2 Å². The summed E-state index contributed by atoms with van der Waals surface area (Å²) in [4.78, 5) is 2.43. The summed E-state index contributed by atoms with van der Waals surface area (Å²) in [6, 6.07) is 0. The van der Waals surface area contributed by atoms with Crippen molar-refractivity contribution < 1.29 is 4.21 Å². The largest absolute Gasteiger partial charge is 0.296 e. The molecular formula is C9H21N3OS. The van der Waals surface area contributed by atoms with Crippen LogP contribution in [0.2, 0.25) is 0 Å². The van der Waals surface area contributed by atoms with Crippen molar-refractivity contribution in [1.82, 2.24) is 13.9 Å². The molecule has 0 aliphatic carbocycles. The zero-order valence-corrected chi connectivity index (χ0v) is 10.4. The molecule has 1 aliphatic rings. The van der Waals surface area contributed by atoms with Crippen LogP contribution in [0.3, 0.4) is 0 Å². The average Bonchev–Trinajstić information content (AvgIpc) is 2.15. The summed E-state index contributed by atoms with van der Waals surface area (Å²) in [5, 5.41) is 0. The predicted octanol–water partition coefficient (Wildman–Crippen LogP) is 0.201. The highest BCUT2D eigenvalue weighted by Gasteiger charge is 2.27. The van der Waals surface area contributed by atoms with E-state index in [1.54, 1.807) is 7.05 Å². The number of piperazine rings is 1. The Morgan fingerprint density at radius 3 is 2.00 bits per heavy atom. The standard InChI is InChI=1S/C9H21N3OS/c1-9(2,3)11-5-7-12(8-6-11)14(13)10-4/h10H,5-8H2,1-4H3. The number of nitrogens with zero attached hydrogens (tertiary/aromatic N) is 2. The average molecular weight is 219 g/mol. The molecule has 0 amide bonds. The van der Waals surface area contributed by atoms with Gasteiger partial charge in [0.2, 0.25) is 0 Å². The third-order valence-electron chi connectivity index (χ3n) is 2.60. The summed E-state index contributed by atoms with van der Waals surface area (Å²) in [7, 11) is 1.73. The normalized spacial score (nSPS) is 23.7. The zero-order chi connectivity index (χ0) is 10.8. The van der Waals surface area contributed by atoms with Crippen molar-refractivity contribution >= 4 is 11.2 Å². The first kappa shape index (κ1) is 12.1. The lowest BCUT2D eigenvalue weighted by molar-refractivity contribution is 0.0937. The minimum Gasteiger partial charge on any atom is -0.296 e. The molecule has 1 N–H and O–H groups in total. The molecule has 0 aromatic carbocycles. The van der Waals surface area contributed by atoms with Gasteiger partial charge in [-0.1, -0.05) is 0 Å². The van der Waals surface area contributed by atoms with Crippen LogP contribution in [-0.4, -0.2) is 52.2 Å². The Morgan fingerprint density at radius 2 is 1.64 bits per heavy atom. The summed E-state index contributed by atoms with van der Waals surface area (Å²) in [5.74, 6) is 0. The molecule has 0 aromatic rings. The van der Waals surface area contributed by atoms with Crippen LogP contribution < -0.4 is 4.72 Å². The van der Waals surface area contributed by atoms with Crippen LogP contribution >= 0.6 is 0 Å². The summed E-state index contributed by atoms with van der Waals surface area (Å²) in [5.41, 5.74) is 0.229. The Bertz CT molecular complexity index is 207. The molecule has 0 aromatic heterocycles. The lowest BCUT2D eigenvalue weighted by Gasteiger charge is -2.41. The molecule has 1 aliphatic heterocycles. The second-order valence-electron chi connectivity index (χ2n) is 4.54. The van der Waals surface area contributed by atoms with Crippen LogP contribution in [0.15, 0.2) is 0 Å². The second-order valence-corrected chi connectivity index (χ2v) is 5.96. The van der Waals surface area contributed by atoms with E-state index in [-0.39, 0.29) is 5.54 Å². The number of hydrogen-bond acceptors (Lipinski definition) is 2. The number of hydrogen-bond donors (Lipinski definition) is 1. The van der Waals surface area contributed by atoms with Gasteiger partial charge in [0.05, 0.1) is 0 Å². The molecule has 1 atom stereocenters. The molecular weight excluding hydrogens is 198 g/mol. The quantitative estimate of drug-likeness (QED) is 0.720. The van der Waals surface area contributed by atoms with E-state index in [9.17, 15) is 4.21 Å². The summed E-state index contributed by atoms with van der Waals surface area (Å²) in [6.45, 7) is 10.4. The fourth-order valence-corrected chi connectivity index (χ4v) is 2.41. The Labute approximate surface area is 89.4 Å². The highest BCUT2D eigenvalue weighted by atomic mass is 32.2. The summed E-state index contributed by atoms with van der Waals surface area (Å²) < 4.78 is 16.2. The summed E-state index contributed by atoms with van der Waals surface area (Å²) >= 11 is -0.998. The van der Waals surface area contributed by atoms with Gasteiger partial charge in [0.15, 0.2) is 11.2 Å². The van der Waals surface area contributed by atoms with Crippen molar-refractivity contribution in [2.75, 3.05) is 33.2 Å². The maximum absolute atomic E-state index is 11.4. The van der Waals surface area contributed by atoms with E-state index in [4.69, 9.17) is 0 Å². The zero-order valence-electron chi connectivity index (χ0n) is 9.54. The first-order valence-corrected chi connectivity index (χ1v) is 6.15. The second kappa shape index (κ2) is 4.70. The molecule has 0 bridgehead atoms. The van der Waals surface area contributed by atoms with Gasteiger partial charge in [0.25, 0.3) is 0 Å². The van der Waals surface area contributed by atoms with Gasteiger partial charge in [-0.3, -0.25) is 4.90 Å². The van der Waals surface area contributed by atoms with E-state index in [1.807, 2.05) is 4.31 Å². The lowest BCUT2D eigenvalue weighted by atomic mass is 10.1. The van der Waals surface area contributed by atoms with Gasteiger partial charge in [-0.2, -0.15) is 0 Å². The minimum atomic E-state index is -0.998. The molecule has 1 fully saturated rings. The van der Waals surface area contributed by atoms with Crippen LogP contribution in [0.4, 0.5) is 0 Å². The molecule has 1 saturated heterocycles. The first-order chi connectivity index (χ1) is 6.45. The van der Waals surface area contributed by atoms with Crippen molar-refractivity contribution in [3.8, 4) is 0 Å². The summed E-state index contributed by atoms with van der Waals surface area (Å²) in [6.07, 6.45) is 0. The van der Waals surface area contributed by atoms with Crippen molar-refractivity contribution in [2.24, 2.45) is 0 Å². The van der Waals surface area contributed by atoms with E-state index in [0.29, 0.717) is 0 Å². The minimum absolute atomic E-state index is 0.229. The molecule has 0 saturated carbocycles. The Kier molecular flexibility index (Phi) is 4.06. The van der Waals surface area contributed by atoms with Gasteiger partial charge in [-0.05, 0) is 27.8 Å². The van der Waals surface area contributed by atoms with Crippen molar-refractivity contribution in [3.05, 3.63) is 0 Å². The van der Waals surface area contributed by atoms with E-state index >= 15 is 0 Å². The van der Waals surface area contributed by atoms with Gasteiger partial charge in [0, 0.05) is 31.7 Å². The van der Waals surface area contributed by atoms with Crippen LogP contribution in [0.25, 0.3) is 0 Å². The maximum Gasteiger partial charge on any atom is 0.169 e. The van der Waals surface area contributed by atoms with Gasteiger partial charge in [-0.25, -0.2) is 13.2 Å². The molecule has 0 radical (unpaired) electrons. The smallest absolute Gasteiger partial charge is 0.169 e. The highest BCUT2D eigenvalue weighted by Crippen LogP contribution is 2.15. The molecule has 0 spiro atoms. The van der Waals surface area contributed by atoms with E-state index in [2.05, 4.69) is 30.4 Å². The van der Waals surface area contributed by atoms with Crippen LogP contribution in [0.5, 0.6) is 0 Å². The topological polar surface area (TPSA) is 35.6 Å². The lowest BCUT2D eigenvalue weighted by Crippen LogP contribution is -2.54. The van der Waals surface area contributed by atoms with Crippen LogP contribution in [0.1, 0.15) is 20.8 Å².